The number of carbonyl (C=O) groups excluding carboxylic acids is 1. The van der Waals surface area contributed by atoms with Gasteiger partial charge in [0.1, 0.15) is 6.10 Å². The van der Waals surface area contributed by atoms with Gasteiger partial charge in [0.25, 0.3) is 0 Å². The predicted octanol–water partition coefficient (Wildman–Crippen LogP) is 5.31. The van der Waals surface area contributed by atoms with E-state index in [1.54, 1.807) is 30.3 Å². The molecule has 0 saturated carbocycles. The second-order valence-electron chi connectivity index (χ2n) is 9.67. The highest BCUT2D eigenvalue weighted by Gasteiger charge is 2.41. The molecule has 1 aromatic carbocycles. The van der Waals surface area contributed by atoms with Gasteiger partial charge in [-0.3, -0.25) is 0 Å². The molecule has 0 N–H and O–H groups in total. The lowest BCUT2D eigenvalue weighted by Crippen LogP contribution is -2.44. The summed E-state index contributed by atoms with van der Waals surface area (Å²) >= 11 is 0. The van der Waals surface area contributed by atoms with Gasteiger partial charge in [0, 0.05) is 12.1 Å². The normalized spacial score (nSPS) is 23.6. The van der Waals surface area contributed by atoms with Crippen molar-refractivity contribution in [3.05, 3.63) is 35.9 Å². The smallest absolute Gasteiger partial charge is 0.401 e. The molecule has 0 spiro atoms. The Morgan fingerprint density at radius 1 is 0.971 bits per heavy atom. The fraction of sp³-hybridized carbons (Fsp3) is 0.731. The molecule has 2 bridgehead atoms. The fourth-order valence-electron chi connectivity index (χ4n) is 5.09. The molecule has 3 atom stereocenters. The zero-order valence-corrected chi connectivity index (χ0v) is 21.5. The highest BCUT2D eigenvalue weighted by molar-refractivity contribution is 7.81. The van der Waals surface area contributed by atoms with Crippen LogP contribution in [0.4, 0.5) is 0 Å². The molecule has 3 unspecified atom stereocenters. The Morgan fingerprint density at radius 3 is 2.18 bits per heavy atom. The average molecular weight is 496 g/mol. The van der Waals surface area contributed by atoms with Gasteiger partial charge in [-0.05, 0) is 44.7 Å². The van der Waals surface area contributed by atoms with E-state index in [2.05, 4.69) is 18.9 Å². The van der Waals surface area contributed by atoms with Crippen molar-refractivity contribution in [2.75, 3.05) is 13.7 Å². The van der Waals surface area contributed by atoms with E-state index >= 15 is 0 Å². The summed E-state index contributed by atoms with van der Waals surface area (Å²) in [5.41, 5.74) is 0.433. The third-order valence-corrected chi connectivity index (χ3v) is 7.98. The Bertz CT molecular complexity index is 832. The summed E-state index contributed by atoms with van der Waals surface area (Å²) in [6, 6.07) is 9.42. The number of unbranched alkanes of at least 4 members (excludes halogenated alkanes) is 7. The lowest BCUT2D eigenvalue weighted by molar-refractivity contribution is -0.161. The lowest BCUT2D eigenvalue weighted by Gasteiger charge is -2.36. The molecule has 2 fully saturated rings. The first-order valence-corrected chi connectivity index (χ1v) is 14.3. The van der Waals surface area contributed by atoms with Crippen LogP contribution >= 0.6 is 0 Å². The summed E-state index contributed by atoms with van der Waals surface area (Å²) in [4.78, 5) is 15.4. The van der Waals surface area contributed by atoms with Crippen molar-refractivity contribution >= 4 is 16.4 Å². The number of esters is 1. The van der Waals surface area contributed by atoms with E-state index in [1.165, 1.54) is 25.7 Å². The summed E-state index contributed by atoms with van der Waals surface area (Å²) in [5, 5.41) is 0. The minimum atomic E-state index is -4.35. The van der Waals surface area contributed by atoms with Crippen LogP contribution in [0, 0.1) is 0 Å². The van der Waals surface area contributed by atoms with Crippen molar-refractivity contribution < 1.29 is 26.3 Å². The van der Waals surface area contributed by atoms with Crippen molar-refractivity contribution in [3.8, 4) is 0 Å². The summed E-state index contributed by atoms with van der Waals surface area (Å²) < 4.78 is 41.1. The molecule has 8 heteroatoms. The molecular formula is C26H41NO6S. The largest absolute Gasteiger partial charge is 0.460 e. The molecule has 0 aliphatic carbocycles. The van der Waals surface area contributed by atoms with Crippen LogP contribution in [0.2, 0.25) is 0 Å². The Kier molecular flexibility index (Phi) is 10.8. The zero-order chi connectivity index (χ0) is 24.4. The summed E-state index contributed by atoms with van der Waals surface area (Å²) in [7, 11) is -2.23. The molecule has 2 saturated heterocycles. The molecule has 0 amide bonds. The van der Waals surface area contributed by atoms with Crippen LogP contribution in [-0.2, 0) is 28.3 Å². The number of piperidine rings is 1. The fourth-order valence-corrected chi connectivity index (χ4v) is 5.89. The van der Waals surface area contributed by atoms with E-state index in [9.17, 15) is 13.2 Å². The highest BCUT2D eigenvalue weighted by atomic mass is 32.3. The number of benzene rings is 1. The number of rotatable bonds is 15. The summed E-state index contributed by atoms with van der Waals surface area (Å²) in [6.45, 7) is 2.24. The molecule has 0 aromatic heterocycles. The minimum absolute atomic E-state index is 0.0478. The minimum Gasteiger partial charge on any atom is -0.460 e. The topological polar surface area (TPSA) is 82.1 Å². The second-order valence-corrected chi connectivity index (χ2v) is 10.9. The predicted molar refractivity (Wildman–Crippen MR) is 131 cm³/mol. The van der Waals surface area contributed by atoms with Crippen molar-refractivity contribution in [3.63, 3.8) is 0 Å². The van der Waals surface area contributed by atoms with Crippen LogP contribution in [0.3, 0.4) is 0 Å². The third kappa shape index (κ3) is 8.33. The van der Waals surface area contributed by atoms with Crippen LogP contribution in [0.15, 0.2) is 30.3 Å². The monoisotopic (exact) mass is 495 g/mol. The molecule has 3 rings (SSSR count). The first-order chi connectivity index (χ1) is 16.4. The van der Waals surface area contributed by atoms with Crippen molar-refractivity contribution in [1.29, 1.82) is 0 Å². The number of nitrogens with zero attached hydrogens (tertiary/aromatic N) is 1. The van der Waals surface area contributed by atoms with Gasteiger partial charge in [0.05, 0.1) is 6.61 Å². The maximum Gasteiger partial charge on any atom is 0.401 e. The molecule has 1 aromatic rings. The number of ether oxygens (including phenoxy) is 1. The van der Waals surface area contributed by atoms with E-state index in [-0.39, 0.29) is 12.7 Å². The molecule has 34 heavy (non-hydrogen) atoms. The van der Waals surface area contributed by atoms with Crippen molar-refractivity contribution in [2.45, 2.75) is 108 Å². The third-order valence-electron chi connectivity index (χ3n) is 7.09. The molecular weight excluding hydrogens is 454 g/mol. The number of hydrogen-bond acceptors (Lipinski definition) is 7. The van der Waals surface area contributed by atoms with E-state index in [0.29, 0.717) is 24.1 Å². The van der Waals surface area contributed by atoms with Crippen LogP contribution < -0.4 is 0 Å². The first-order valence-electron chi connectivity index (χ1n) is 12.9. The molecule has 7 nitrogen and oxygen atoms in total. The van der Waals surface area contributed by atoms with Gasteiger partial charge in [-0.25, -0.2) is 13.2 Å². The van der Waals surface area contributed by atoms with Crippen molar-refractivity contribution in [2.24, 2.45) is 0 Å². The molecule has 2 aliphatic rings. The Hall–Kier alpha value is -1.48. The standard InChI is InChI=1S/C26H41NO6S/c1-3-4-5-6-7-8-9-13-18-31-34(29,30)33-25(21-14-11-10-12-15-21)26(28)32-24-19-22-16-17-23(20-24)27(22)2/h10-12,14-15,22-25H,3-9,13,16-20H2,1-2H3. The summed E-state index contributed by atoms with van der Waals surface area (Å²) in [6.07, 6.45) is 10.9. The van der Waals surface area contributed by atoms with Crippen LogP contribution in [0.25, 0.3) is 0 Å². The van der Waals surface area contributed by atoms with Gasteiger partial charge < -0.3 is 9.64 Å². The molecule has 192 valence electrons. The van der Waals surface area contributed by atoms with Crippen LogP contribution in [0.5, 0.6) is 0 Å². The maximum atomic E-state index is 13.0. The molecule has 2 aliphatic heterocycles. The average Bonchev–Trinajstić information content (AvgIpc) is 3.02. The van der Waals surface area contributed by atoms with Gasteiger partial charge in [0.15, 0.2) is 0 Å². The van der Waals surface area contributed by atoms with Gasteiger partial charge >= 0.3 is 16.4 Å². The number of carbonyl (C=O) groups is 1. The highest BCUT2D eigenvalue weighted by Crippen LogP contribution is 2.36. The van der Waals surface area contributed by atoms with Crippen molar-refractivity contribution in [1.82, 2.24) is 4.90 Å². The van der Waals surface area contributed by atoms with E-state index in [4.69, 9.17) is 13.1 Å². The van der Waals surface area contributed by atoms with Crippen LogP contribution in [-0.4, -0.2) is 51.1 Å². The Balaban J connectivity index is 1.49. The maximum absolute atomic E-state index is 13.0. The zero-order valence-electron chi connectivity index (χ0n) is 20.7. The molecule has 2 heterocycles. The second kappa shape index (κ2) is 13.6. The number of hydrogen-bond donors (Lipinski definition) is 0. The number of fused-ring (bicyclic) bond motifs is 2. The van der Waals surface area contributed by atoms with Gasteiger partial charge in [-0.2, -0.15) is 8.42 Å². The molecule has 0 radical (unpaired) electrons. The van der Waals surface area contributed by atoms with E-state index in [1.807, 2.05) is 0 Å². The van der Waals surface area contributed by atoms with Gasteiger partial charge in [-0.1, -0.05) is 82.2 Å². The van der Waals surface area contributed by atoms with Gasteiger partial charge in [-0.15, -0.1) is 0 Å². The van der Waals surface area contributed by atoms with Crippen LogP contribution in [0.1, 0.15) is 95.6 Å². The van der Waals surface area contributed by atoms with E-state index in [0.717, 1.165) is 44.9 Å². The van der Waals surface area contributed by atoms with E-state index < -0.39 is 22.5 Å². The van der Waals surface area contributed by atoms with Gasteiger partial charge in [0.2, 0.25) is 6.10 Å². The quantitative estimate of drug-likeness (QED) is 0.241. The Morgan fingerprint density at radius 2 is 1.56 bits per heavy atom. The summed E-state index contributed by atoms with van der Waals surface area (Å²) in [5.74, 6) is -0.681. The lowest BCUT2D eigenvalue weighted by atomic mass is 10.0. The Labute approximate surface area is 205 Å². The SMILES string of the molecule is CCCCCCCCCCOS(=O)(=O)OC(C(=O)OC1CC2CCC(C1)N2C)c1ccccc1. The first kappa shape index (κ1) is 27.1.